The van der Waals surface area contributed by atoms with Crippen LogP contribution in [-0.4, -0.2) is 5.11 Å². The summed E-state index contributed by atoms with van der Waals surface area (Å²) in [7, 11) is 0. The Labute approximate surface area is 106 Å². The zero-order valence-corrected chi connectivity index (χ0v) is 10.2. The number of phenolic OH excluding ortho intramolecular Hbond substituents is 1. The number of rotatable bonds is 1. The van der Waals surface area contributed by atoms with Crippen LogP contribution in [0.4, 0.5) is 0 Å². The van der Waals surface area contributed by atoms with Crippen molar-refractivity contribution in [3.63, 3.8) is 0 Å². The Balaban J connectivity index is 2.38. The first-order valence-corrected chi connectivity index (χ1v) is 6.04. The number of hydrogen-bond donors (Lipinski definition) is 1. The van der Waals surface area contributed by atoms with Gasteiger partial charge < -0.3 is 5.11 Å². The second kappa shape index (κ2) is 4.19. The van der Waals surface area contributed by atoms with Gasteiger partial charge in [-0.05, 0) is 35.1 Å². The average Bonchev–Trinajstić information content (AvgIpc) is 2.41. The molecule has 0 radical (unpaired) electrons. The van der Waals surface area contributed by atoms with Crippen LogP contribution in [0, 0.1) is 6.92 Å². The van der Waals surface area contributed by atoms with Gasteiger partial charge in [-0.15, -0.1) is 0 Å². The van der Waals surface area contributed by atoms with Crippen molar-refractivity contribution in [2.24, 2.45) is 0 Å². The maximum Gasteiger partial charge on any atom is 0.123 e. The van der Waals surface area contributed by atoms with Crippen LogP contribution in [0.3, 0.4) is 0 Å². The molecule has 1 nitrogen and oxygen atoms in total. The lowest BCUT2D eigenvalue weighted by molar-refractivity contribution is 0.481. The van der Waals surface area contributed by atoms with Crippen molar-refractivity contribution in [3.8, 4) is 16.9 Å². The van der Waals surface area contributed by atoms with Crippen molar-refractivity contribution >= 4 is 10.8 Å². The molecule has 3 aromatic carbocycles. The third-order valence-electron chi connectivity index (χ3n) is 3.34. The van der Waals surface area contributed by atoms with Gasteiger partial charge in [0.15, 0.2) is 0 Å². The van der Waals surface area contributed by atoms with Crippen molar-refractivity contribution in [3.05, 3.63) is 66.2 Å². The molecule has 1 N–H and O–H groups in total. The average molecular weight is 234 g/mol. The lowest BCUT2D eigenvalue weighted by atomic mass is 9.95. The van der Waals surface area contributed by atoms with Crippen molar-refractivity contribution < 1.29 is 5.11 Å². The number of benzene rings is 3. The first-order valence-electron chi connectivity index (χ1n) is 6.04. The number of phenols is 1. The predicted octanol–water partition coefficient (Wildman–Crippen LogP) is 4.52. The van der Waals surface area contributed by atoms with E-state index in [2.05, 4.69) is 25.1 Å². The monoisotopic (exact) mass is 234 g/mol. The van der Waals surface area contributed by atoms with Crippen LogP contribution in [-0.2, 0) is 0 Å². The lowest BCUT2D eigenvalue weighted by Crippen LogP contribution is -1.85. The number of aromatic hydroxyl groups is 1. The summed E-state index contributed by atoms with van der Waals surface area (Å²) in [6.07, 6.45) is 0. The lowest BCUT2D eigenvalue weighted by Gasteiger charge is -2.10. The summed E-state index contributed by atoms with van der Waals surface area (Å²) in [6.45, 7) is 2.11. The van der Waals surface area contributed by atoms with Crippen LogP contribution < -0.4 is 0 Å². The first-order chi connectivity index (χ1) is 8.77. The zero-order chi connectivity index (χ0) is 12.5. The highest BCUT2D eigenvalue weighted by Crippen LogP contribution is 2.34. The summed E-state index contributed by atoms with van der Waals surface area (Å²) in [5.74, 6) is 0.336. The molecule has 0 bridgehead atoms. The Morgan fingerprint density at radius 2 is 1.33 bits per heavy atom. The van der Waals surface area contributed by atoms with E-state index in [0.717, 1.165) is 10.8 Å². The Kier molecular flexibility index (Phi) is 2.52. The minimum absolute atomic E-state index is 0.336. The molecule has 0 atom stereocenters. The van der Waals surface area contributed by atoms with E-state index in [1.165, 1.54) is 16.7 Å². The maximum absolute atomic E-state index is 9.91. The Morgan fingerprint density at radius 1 is 0.667 bits per heavy atom. The molecule has 0 amide bonds. The second-order valence-electron chi connectivity index (χ2n) is 4.49. The molecule has 0 aromatic heterocycles. The molecule has 0 aliphatic heterocycles. The minimum atomic E-state index is 0.336. The summed E-state index contributed by atoms with van der Waals surface area (Å²) in [4.78, 5) is 0. The van der Waals surface area contributed by atoms with E-state index in [4.69, 9.17) is 0 Å². The fraction of sp³-hybridized carbons (Fsp3) is 0.0588. The van der Waals surface area contributed by atoms with E-state index >= 15 is 0 Å². The van der Waals surface area contributed by atoms with Crippen LogP contribution >= 0.6 is 0 Å². The molecule has 0 unspecified atom stereocenters. The zero-order valence-electron chi connectivity index (χ0n) is 10.2. The molecule has 0 spiro atoms. The highest BCUT2D eigenvalue weighted by Gasteiger charge is 2.07. The highest BCUT2D eigenvalue weighted by molar-refractivity contribution is 6.00. The van der Waals surface area contributed by atoms with Crippen LogP contribution in [0.25, 0.3) is 21.9 Å². The molecule has 0 heterocycles. The van der Waals surface area contributed by atoms with Crippen LogP contribution in [0.15, 0.2) is 60.7 Å². The van der Waals surface area contributed by atoms with Crippen molar-refractivity contribution in [1.82, 2.24) is 0 Å². The minimum Gasteiger partial charge on any atom is -0.507 e. The quantitative estimate of drug-likeness (QED) is 0.656. The maximum atomic E-state index is 9.91. The molecule has 0 aliphatic carbocycles. The summed E-state index contributed by atoms with van der Waals surface area (Å²) >= 11 is 0. The van der Waals surface area contributed by atoms with Crippen molar-refractivity contribution in [1.29, 1.82) is 0 Å². The fourth-order valence-corrected chi connectivity index (χ4v) is 2.39. The van der Waals surface area contributed by atoms with Crippen LogP contribution in [0.1, 0.15) is 5.56 Å². The smallest absolute Gasteiger partial charge is 0.123 e. The summed E-state index contributed by atoms with van der Waals surface area (Å²) in [5.41, 5.74) is 3.63. The van der Waals surface area contributed by atoms with Gasteiger partial charge in [0.2, 0.25) is 0 Å². The van der Waals surface area contributed by atoms with Crippen LogP contribution in [0.2, 0.25) is 0 Å². The Bertz CT molecular complexity index is 714. The normalized spacial score (nSPS) is 10.7. The molecule has 0 saturated carbocycles. The third-order valence-corrected chi connectivity index (χ3v) is 3.34. The van der Waals surface area contributed by atoms with E-state index < -0.39 is 0 Å². The van der Waals surface area contributed by atoms with Gasteiger partial charge in [-0.25, -0.2) is 0 Å². The van der Waals surface area contributed by atoms with E-state index in [1.807, 2.05) is 36.4 Å². The number of hydrogen-bond acceptors (Lipinski definition) is 1. The Morgan fingerprint density at radius 3 is 2.11 bits per heavy atom. The van der Waals surface area contributed by atoms with Gasteiger partial charge >= 0.3 is 0 Å². The van der Waals surface area contributed by atoms with E-state index in [0.29, 0.717) is 5.75 Å². The van der Waals surface area contributed by atoms with Crippen molar-refractivity contribution in [2.45, 2.75) is 6.92 Å². The fourth-order valence-electron chi connectivity index (χ4n) is 2.39. The van der Waals surface area contributed by atoms with Gasteiger partial charge in [-0.2, -0.15) is 0 Å². The third kappa shape index (κ3) is 1.65. The molecular formula is C17H14O. The molecule has 18 heavy (non-hydrogen) atoms. The van der Waals surface area contributed by atoms with E-state index in [-0.39, 0.29) is 0 Å². The van der Waals surface area contributed by atoms with E-state index in [9.17, 15) is 5.11 Å². The van der Waals surface area contributed by atoms with Gasteiger partial charge in [-0.3, -0.25) is 0 Å². The molecule has 0 fully saturated rings. The molecule has 0 aliphatic rings. The molecule has 3 rings (SSSR count). The topological polar surface area (TPSA) is 20.2 Å². The predicted molar refractivity (Wildman–Crippen MR) is 75.8 cm³/mol. The van der Waals surface area contributed by atoms with Crippen molar-refractivity contribution in [2.75, 3.05) is 0 Å². The van der Waals surface area contributed by atoms with Gasteiger partial charge in [0.25, 0.3) is 0 Å². The molecular weight excluding hydrogens is 220 g/mol. The molecule has 88 valence electrons. The summed E-state index contributed by atoms with van der Waals surface area (Å²) in [5, 5.41) is 11.9. The summed E-state index contributed by atoms with van der Waals surface area (Å²) < 4.78 is 0. The van der Waals surface area contributed by atoms with Gasteiger partial charge in [0, 0.05) is 5.39 Å². The van der Waals surface area contributed by atoms with Gasteiger partial charge in [0.05, 0.1) is 0 Å². The van der Waals surface area contributed by atoms with Crippen LogP contribution in [0.5, 0.6) is 5.75 Å². The van der Waals surface area contributed by atoms with E-state index in [1.54, 1.807) is 6.07 Å². The second-order valence-corrected chi connectivity index (χ2v) is 4.49. The molecule has 0 saturated heterocycles. The first kappa shape index (κ1) is 10.8. The Hall–Kier alpha value is -2.28. The standard InChI is InChI=1S/C17H14O/c1-12-6-2-3-7-13(12)15-10-11-17(18)16-9-5-4-8-14(15)16/h2-11,18H,1H3. The van der Waals surface area contributed by atoms with Gasteiger partial charge in [-0.1, -0.05) is 54.6 Å². The largest absolute Gasteiger partial charge is 0.507 e. The molecule has 3 aromatic rings. The number of fused-ring (bicyclic) bond motifs is 1. The van der Waals surface area contributed by atoms with Gasteiger partial charge in [0.1, 0.15) is 5.75 Å². The number of aryl methyl sites for hydroxylation is 1. The summed E-state index contributed by atoms with van der Waals surface area (Å²) in [6, 6.07) is 20.0. The molecule has 1 heteroatoms. The highest BCUT2D eigenvalue weighted by atomic mass is 16.3. The SMILES string of the molecule is Cc1ccccc1-c1ccc(O)c2ccccc12.